The maximum atomic E-state index is 11.8. The summed E-state index contributed by atoms with van der Waals surface area (Å²) in [5, 5.41) is 5.90. The van der Waals surface area contributed by atoms with Crippen LogP contribution in [0, 0.1) is 0 Å². The highest BCUT2D eigenvalue weighted by molar-refractivity contribution is 7.99. The van der Waals surface area contributed by atoms with E-state index in [9.17, 15) is 9.59 Å². The number of amides is 2. The summed E-state index contributed by atoms with van der Waals surface area (Å²) in [6.07, 6.45) is 0.213. The monoisotopic (exact) mass is 314 g/mol. The summed E-state index contributed by atoms with van der Waals surface area (Å²) >= 11 is 7.75. The minimum absolute atomic E-state index is 0.0723. The van der Waals surface area contributed by atoms with Gasteiger partial charge < -0.3 is 15.4 Å². The highest BCUT2D eigenvalue weighted by Gasteiger charge is 2.22. The Labute approximate surface area is 126 Å². The molecule has 5 nitrogen and oxygen atoms in total. The molecule has 2 N–H and O–H groups in total. The fourth-order valence-electron chi connectivity index (χ4n) is 1.99. The molecule has 1 atom stereocenters. The molecule has 7 heteroatoms. The Kier molecular flexibility index (Phi) is 5.14. The van der Waals surface area contributed by atoms with Crippen molar-refractivity contribution >= 4 is 35.4 Å². The van der Waals surface area contributed by atoms with Crippen LogP contribution in [0.4, 0.5) is 4.79 Å². The lowest BCUT2D eigenvalue weighted by atomic mass is 10.0. The Morgan fingerprint density at radius 2 is 2.30 bits per heavy atom. The first-order valence-corrected chi connectivity index (χ1v) is 7.50. The van der Waals surface area contributed by atoms with Crippen LogP contribution in [-0.2, 0) is 9.53 Å². The van der Waals surface area contributed by atoms with Gasteiger partial charge in [0.2, 0.25) is 5.91 Å². The second-order valence-corrected chi connectivity index (χ2v) is 5.86. The van der Waals surface area contributed by atoms with Crippen LogP contribution in [0.15, 0.2) is 23.1 Å². The summed E-state index contributed by atoms with van der Waals surface area (Å²) in [5.74, 6) is 0.683. The largest absolute Gasteiger partial charge is 0.453 e. The molecular weight excluding hydrogens is 300 g/mol. The normalized spacial score (nSPS) is 17.0. The Bertz CT molecular complexity index is 524. The van der Waals surface area contributed by atoms with E-state index in [1.54, 1.807) is 11.8 Å². The van der Waals surface area contributed by atoms with E-state index >= 15 is 0 Å². The summed E-state index contributed by atoms with van der Waals surface area (Å²) in [5.41, 5.74) is 1.03. The number of fused-ring (bicyclic) bond motifs is 1. The third kappa shape index (κ3) is 3.80. The van der Waals surface area contributed by atoms with E-state index in [1.807, 2.05) is 18.2 Å². The Morgan fingerprint density at radius 1 is 1.50 bits per heavy atom. The van der Waals surface area contributed by atoms with Gasteiger partial charge in [0.05, 0.1) is 13.2 Å². The molecule has 0 aromatic heterocycles. The number of nitrogens with one attached hydrogen (secondary N) is 2. The van der Waals surface area contributed by atoms with Gasteiger partial charge in [-0.3, -0.25) is 4.79 Å². The number of halogens is 1. The van der Waals surface area contributed by atoms with E-state index in [4.69, 9.17) is 11.6 Å². The second kappa shape index (κ2) is 6.85. The molecular formula is C13H15ClN2O3S. The molecule has 1 aliphatic rings. The van der Waals surface area contributed by atoms with Crippen LogP contribution in [0.25, 0.3) is 0 Å². The number of alkyl carbamates (subject to hydrolysis) is 1. The third-order valence-corrected chi connectivity index (χ3v) is 4.28. The molecule has 20 heavy (non-hydrogen) atoms. The van der Waals surface area contributed by atoms with Gasteiger partial charge in [0.15, 0.2) is 0 Å². The SMILES string of the molecule is COC(=O)NCC(=O)N[C@@H]1CCSc2ccc(Cl)cc21. The van der Waals surface area contributed by atoms with Gasteiger partial charge in [-0.2, -0.15) is 0 Å². The van der Waals surface area contributed by atoms with Crippen molar-refractivity contribution in [2.24, 2.45) is 0 Å². The number of methoxy groups -OCH3 is 1. The molecule has 0 unspecified atom stereocenters. The lowest BCUT2D eigenvalue weighted by Crippen LogP contribution is -2.39. The molecule has 0 fully saturated rings. The molecule has 1 aromatic carbocycles. The van der Waals surface area contributed by atoms with E-state index in [2.05, 4.69) is 15.4 Å². The maximum Gasteiger partial charge on any atom is 0.407 e. The molecule has 1 aromatic rings. The van der Waals surface area contributed by atoms with Crippen LogP contribution in [-0.4, -0.2) is 31.4 Å². The van der Waals surface area contributed by atoms with Crippen molar-refractivity contribution in [1.82, 2.24) is 10.6 Å². The number of rotatable bonds is 3. The smallest absolute Gasteiger partial charge is 0.407 e. The predicted octanol–water partition coefficient (Wildman–Crippen LogP) is 2.35. The van der Waals surface area contributed by atoms with Gasteiger partial charge in [-0.25, -0.2) is 4.79 Å². The van der Waals surface area contributed by atoms with Crippen molar-refractivity contribution in [3.63, 3.8) is 0 Å². The zero-order valence-electron chi connectivity index (χ0n) is 10.9. The third-order valence-electron chi connectivity index (χ3n) is 2.93. The van der Waals surface area contributed by atoms with Crippen molar-refractivity contribution in [2.75, 3.05) is 19.4 Å². The Morgan fingerprint density at radius 3 is 3.05 bits per heavy atom. The predicted molar refractivity (Wildman–Crippen MR) is 78.1 cm³/mol. The second-order valence-electron chi connectivity index (χ2n) is 4.28. The number of thioether (sulfide) groups is 1. The zero-order valence-corrected chi connectivity index (χ0v) is 12.5. The van der Waals surface area contributed by atoms with Crippen molar-refractivity contribution in [2.45, 2.75) is 17.4 Å². The van der Waals surface area contributed by atoms with Gasteiger partial charge in [-0.05, 0) is 30.2 Å². The van der Waals surface area contributed by atoms with Crippen LogP contribution < -0.4 is 10.6 Å². The number of carbonyl (C=O) groups is 2. The number of carbonyl (C=O) groups excluding carboxylic acids is 2. The van der Waals surface area contributed by atoms with E-state index < -0.39 is 6.09 Å². The zero-order chi connectivity index (χ0) is 14.5. The quantitative estimate of drug-likeness (QED) is 0.898. The molecule has 1 aliphatic heterocycles. The molecule has 0 saturated heterocycles. The maximum absolute atomic E-state index is 11.8. The van der Waals surface area contributed by atoms with Gasteiger partial charge in [0.1, 0.15) is 6.54 Å². The van der Waals surface area contributed by atoms with Crippen molar-refractivity contribution in [3.05, 3.63) is 28.8 Å². The Balaban J connectivity index is 1.99. The summed E-state index contributed by atoms with van der Waals surface area (Å²) in [6.45, 7) is -0.105. The van der Waals surface area contributed by atoms with Crippen LogP contribution in [0.3, 0.4) is 0 Å². The van der Waals surface area contributed by atoms with Gasteiger partial charge in [0.25, 0.3) is 0 Å². The first-order valence-electron chi connectivity index (χ1n) is 6.13. The van der Waals surface area contributed by atoms with Gasteiger partial charge in [-0.15, -0.1) is 11.8 Å². The molecule has 2 amide bonds. The minimum Gasteiger partial charge on any atom is -0.453 e. The van der Waals surface area contributed by atoms with E-state index in [-0.39, 0.29) is 18.5 Å². The highest BCUT2D eigenvalue weighted by Crippen LogP contribution is 2.37. The fourth-order valence-corrected chi connectivity index (χ4v) is 3.27. The summed E-state index contributed by atoms with van der Waals surface area (Å²) in [4.78, 5) is 23.9. The summed E-state index contributed by atoms with van der Waals surface area (Å²) in [6, 6.07) is 5.61. The number of hydrogen-bond acceptors (Lipinski definition) is 4. The lowest BCUT2D eigenvalue weighted by Gasteiger charge is -2.26. The molecule has 0 aliphatic carbocycles. The van der Waals surface area contributed by atoms with Crippen LogP contribution in [0.1, 0.15) is 18.0 Å². The summed E-state index contributed by atoms with van der Waals surface area (Å²) in [7, 11) is 1.25. The van der Waals surface area contributed by atoms with Crippen molar-refractivity contribution < 1.29 is 14.3 Å². The molecule has 1 heterocycles. The van der Waals surface area contributed by atoms with Crippen LogP contribution >= 0.6 is 23.4 Å². The average molecular weight is 315 g/mol. The minimum atomic E-state index is -0.622. The van der Waals surface area contributed by atoms with Crippen LogP contribution in [0.2, 0.25) is 5.02 Å². The number of hydrogen-bond donors (Lipinski definition) is 2. The van der Waals surface area contributed by atoms with Gasteiger partial charge in [-0.1, -0.05) is 11.6 Å². The van der Waals surface area contributed by atoms with Crippen molar-refractivity contribution in [1.29, 1.82) is 0 Å². The first-order chi connectivity index (χ1) is 9.60. The molecule has 0 bridgehead atoms. The van der Waals surface area contributed by atoms with E-state index in [0.29, 0.717) is 5.02 Å². The number of ether oxygens (including phenoxy) is 1. The first kappa shape index (κ1) is 15.0. The highest BCUT2D eigenvalue weighted by atomic mass is 35.5. The topological polar surface area (TPSA) is 67.4 Å². The fraction of sp³-hybridized carbons (Fsp3) is 0.385. The van der Waals surface area contributed by atoms with Gasteiger partial charge in [0, 0.05) is 15.7 Å². The molecule has 108 valence electrons. The summed E-state index contributed by atoms with van der Waals surface area (Å²) < 4.78 is 4.41. The average Bonchev–Trinajstić information content (AvgIpc) is 2.45. The lowest BCUT2D eigenvalue weighted by molar-refractivity contribution is -0.121. The van der Waals surface area contributed by atoms with Gasteiger partial charge >= 0.3 is 6.09 Å². The van der Waals surface area contributed by atoms with E-state index in [1.165, 1.54) is 7.11 Å². The number of benzene rings is 1. The van der Waals surface area contributed by atoms with Crippen molar-refractivity contribution in [3.8, 4) is 0 Å². The molecule has 0 spiro atoms. The Hall–Kier alpha value is -1.40. The standard InChI is InChI=1S/C13H15ClN2O3S/c1-19-13(18)15-7-12(17)16-10-4-5-20-11-3-2-8(14)6-9(10)11/h2-3,6,10H,4-5,7H2,1H3,(H,15,18)(H,16,17)/t10-/m1/s1. The molecule has 0 saturated carbocycles. The molecule has 2 rings (SSSR count). The van der Waals surface area contributed by atoms with E-state index in [0.717, 1.165) is 22.6 Å². The molecule has 0 radical (unpaired) electrons. The van der Waals surface area contributed by atoms with Crippen LogP contribution in [0.5, 0.6) is 0 Å².